The summed E-state index contributed by atoms with van der Waals surface area (Å²) in [7, 11) is 1.79. The average Bonchev–Trinajstić information content (AvgIpc) is 2.85. The van der Waals surface area contributed by atoms with Gasteiger partial charge in [0.25, 0.3) is 0 Å². The van der Waals surface area contributed by atoms with Gasteiger partial charge in [0.2, 0.25) is 0 Å². The topological polar surface area (TPSA) is 32.8 Å². The molecule has 0 aliphatic carbocycles. The van der Waals surface area contributed by atoms with Crippen LogP contribution in [0.3, 0.4) is 0 Å². The molecular formula is C17H22N2O2. The summed E-state index contributed by atoms with van der Waals surface area (Å²) in [5.41, 5.74) is 2.78. The summed E-state index contributed by atoms with van der Waals surface area (Å²) >= 11 is 0. The number of benzene rings is 1. The van der Waals surface area contributed by atoms with Crippen molar-refractivity contribution in [1.82, 2.24) is 9.80 Å². The average molecular weight is 286 g/mol. The molecule has 1 aromatic carbocycles. The first-order valence-corrected chi connectivity index (χ1v) is 7.61. The van der Waals surface area contributed by atoms with E-state index in [-0.39, 0.29) is 12.2 Å². The van der Waals surface area contributed by atoms with Crippen molar-refractivity contribution in [2.24, 2.45) is 0 Å². The van der Waals surface area contributed by atoms with Crippen molar-refractivity contribution in [3.05, 3.63) is 42.0 Å². The molecule has 0 spiro atoms. The molecule has 0 saturated carbocycles. The van der Waals surface area contributed by atoms with Gasteiger partial charge in [-0.25, -0.2) is 4.79 Å². The molecule has 0 bridgehead atoms. The Balaban J connectivity index is 1.48. The van der Waals surface area contributed by atoms with E-state index in [1.807, 2.05) is 0 Å². The van der Waals surface area contributed by atoms with E-state index in [0.717, 1.165) is 39.0 Å². The van der Waals surface area contributed by atoms with Crippen molar-refractivity contribution in [3.8, 4) is 0 Å². The van der Waals surface area contributed by atoms with Crippen LogP contribution < -0.4 is 0 Å². The van der Waals surface area contributed by atoms with Crippen LogP contribution in [0, 0.1) is 0 Å². The smallest absolute Gasteiger partial charge is 0.409 e. The van der Waals surface area contributed by atoms with Crippen LogP contribution in [0.15, 0.2) is 36.4 Å². The number of likely N-dealkylation sites (N-methyl/N-ethyl adjacent to an activating group) is 1. The molecule has 2 aliphatic heterocycles. The third-order valence-electron chi connectivity index (χ3n) is 4.26. The molecule has 21 heavy (non-hydrogen) atoms. The maximum atomic E-state index is 11.3. The highest BCUT2D eigenvalue weighted by atomic mass is 16.6. The summed E-state index contributed by atoms with van der Waals surface area (Å²) in [6.45, 7) is 3.78. The lowest BCUT2D eigenvalue weighted by atomic mass is 9.99. The second-order valence-electron chi connectivity index (χ2n) is 5.82. The first-order valence-electron chi connectivity index (χ1n) is 7.61. The minimum absolute atomic E-state index is 0.0574. The highest BCUT2D eigenvalue weighted by Crippen LogP contribution is 2.22. The van der Waals surface area contributed by atoms with E-state index in [4.69, 9.17) is 4.74 Å². The van der Waals surface area contributed by atoms with E-state index < -0.39 is 0 Å². The van der Waals surface area contributed by atoms with E-state index >= 15 is 0 Å². The van der Waals surface area contributed by atoms with Crippen LogP contribution in [-0.2, 0) is 4.74 Å². The molecule has 0 unspecified atom stereocenters. The number of carbonyl (C=O) groups is 1. The number of nitrogens with zero attached hydrogens (tertiary/aromatic N) is 2. The molecule has 0 aromatic heterocycles. The molecule has 112 valence electrons. The van der Waals surface area contributed by atoms with Crippen molar-refractivity contribution in [3.63, 3.8) is 0 Å². The molecule has 4 heteroatoms. The Hall–Kier alpha value is -1.81. The Morgan fingerprint density at radius 1 is 1.29 bits per heavy atom. The van der Waals surface area contributed by atoms with Gasteiger partial charge in [0.1, 0.15) is 6.10 Å². The molecule has 2 aliphatic rings. The summed E-state index contributed by atoms with van der Waals surface area (Å²) in [5, 5.41) is 0. The minimum atomic E-state index is -0.190. The number of ether oxygens (including phenoxy) is 1. The van der Waals surface area contributed by atoms with Gasteiger partial charge in [-0.2, -0.15) is 0 Å². The van der Waals surface area contributed by atoms with Crippen LogP contribution in [-0.4, -0.2) is 55.2 Å². The van der Waals surface area contributed by atoms with Crippen molar-refractivity contribution in [1.29, 1.82) is 0 Å². The lowest BCUT2D eigenvalue weighted by Gasteiger charge is -2.27. The standard InChI is InChI=1S/C17H22N2O2/c1-18-13-16(21-17(18)20)9-12-19-10-7-15(8-11-19)14-5-3-2-4-6-14/h2-7,16H,8-13H2,1H3/t16-/m0/s1. The van der Waals surface area contributed by atoms with Gasteiger partial charge in [0.15, 0.2) is 0 Å². The fourth-order valence-corrected chi connectivity index (χ4v) is 2.96. The highest BCUT2D eigenvalue weighted by molar-refractivity contribution is 5.69. The molecule has 0 radical (unpaired) electrons. The Morgan fingerprint density at radius 2 is 2.10 bits per heavy atom. The second kappa shape index (κ2) is 6.31. The lowest BCUT2D eigenvalue weighted by molar-refractivity contribution is 0.123. The van der Waals surface area contributed by atoms with Gasteiger partial charge in [-0.15, -0.1) is 0 Å². The summed E-state index contributed by atoms with van der Waals surface area (Å²) in [6.07, 6.45) is 4.21. The Kier molecular flexibility index (Phi) is 4.25. The molecule has 1 aromatic rings. The molecule has 1 fully saturated rings. The molecular weight excluding hydrogens is 264 g/mol. The zero-order valence-electron chi connectivity index (χ0n) is 12.5. The molecule has 1 amide bonds. The van der Waals surface area contributed by atoms with Gasteiger partial charge in [0, 0.05) is 26.7 Å². The fourth-order valence-electron chi connectivity index (χ4n) is 2.96. The Morgan fingerprint density at radius 3 is 2.71 bits per heavy atom. The molecule has 2 heterocycles. The summed E-state index contributed by atoms with van der Waals surface area (Å²) in [6, 6.07) is 10.6. The quantitative estimate of drug-likeness (QED) is 0.853. The van der Waals surface area contributed by atoms with Crippen LogP contribution >= 0.6 is 0 Å². The van der Waals surface area contributed by atoms with Crippen LogP contribution in [0.4, 0.5) is 4.79 Å². The minimum Gasteiger partial charge on any atom is -0.444 e. The predicted molar refractivity (Wildman–Crippen MR) is 83.0 cm³/mol. The number of rotatable bonds is 4. The third-order valence-corrected chi connectivity index (χ3v) is 4.26. The number of hydrogen-bond acceptors (Lipinski definition) is 3. The van der Waals surface area contributed by atoms with Crippen LogP contribution in [0.2, 0.25) is 0 Å². The maximum Gasteiger partial charge on any atom is 0.409 e. The van der Waals surface area contributed by atoms with Gasteiger partial charge in [-0.05, 0) is 24.0 Å². The Labute approximate surface area is 126 Å². The summed E-state index contributed by atoms with van der Waals surface area (Å²) < 4.78 is 5.30. The van der Waals surface area contributed by atoms with Gasteiger partial charge < -0.3 is 9.64 Å². The van der Waals surface area contributed by atoms with Crippen molar-refractivity contribution in [2.75, 3.05) is 33.2 Å². The maximum absolute atomic E-state index is 11.3. The monoisotopic (exact) mass is 286 g/mol. The largest absolute Gasteiger partial charge is 0.444 e. The van der Waals surface area contributed by atoms with Gasteiger partial charge in [-0.3, -0.25) is 4.90 Å². The second-order valence-corrected chi connectivity index (χ2v) is 5.82. The number of cyclic esters (lactones) is 1. The van der Waals surface area contributed by atoms with Crippen LogP contribution in [0.1, 0.15) is 18.4 Å². The van der Waals surface area contributed by atoms with E-state index in [0.29, 0.717) is 0 Å². The van der Waals surface area contributed by atoms with Crippen molar-refractivity contribution in [2.45, 2.75) is 18.9 Å². The predicted octanol–water partition coefficient (Wildman–Crippen LogP) is 2.62. The highest BCUT2D eigenvalue weighted by Gasteiger charge is 2.28. The van der Waals surface area contributed by atoms with E-state index in [1.54, 1.807) is 11.9 Å². The number of hydrogen-bond donors (Lipinski definition) is 0. The zero-order valence-corrected chi connectivity index (χ0v) is 12.5. The summed E-state index contributed by atoms with van der Waals surface area (Å²) in [4.78, 5) is 15.4. The molecule has 3 rings (SSSR count). The zero-order chi connectivity index (χ0) is 14.7. The molecule has 1 atom stereocenters. The fraction of sp³-hybridized carbons (Fsp3) is 0.471. The van der Waals surface area contributed by atoms with Crippen LogP contribution in [0.5, 0.6) is 0 Å². The third kappa shape index (κ3) is 3.45. The van der Waals surface area contributed by atoms with Gasteiger partial charge in [-0.1, -0.05) is 36.4 Å². The number of carbonyl (C=O) groups excluding carboxylic acids is 1. The Bertz CT molecular complexity index is 527. The molecule has 1 saturated heterocycles. The number of amides is 1. The van der Waals surface area contributed by atoms with Crippen LogP contribution in [0.25, 0.3) is 5.57 Å². The SMILES string of the molecule is CN1C[C@H](CCN2CC=C(c3ccccc3)CC2)OC1=O. The normalized spacial score (nSPS) is 23.1. The first kappa shape index (κ1) is 14.1. The van der Waals surface area contributed by atoms with Crippen molar-refractivity contribution < 1.29 is 9.53 Å². The lowest BCUT2D eigenvalue weighted by Crippen LogP contribution is -2.32. The van der Waals surface area contributed by atoms with E-state index in [2.05, 4.69) is 41.3 Å². The van der Waals surface area contributed by atoms with Gasteiger partial charge in [0.05, 0.1) is 6.54 Å². The molecule has 0 N–H and O–H groups in total. The summed E-state index contributed by atoms with van der Waals surface area (Å²) in [5.74, 6) is 0. The van der Waals surface area contributed by atoms with E-state index in [9.17, 15) is 4.79 Å². The molecule has 4 nitrogen and oxygen atoms in total. The van der Waals surface area contributed by atoms with Gasteiger partial charge >= 0.3 is 6.09 Å². The van der Waals surface area contributed by atoms with Crippen molar-refractivity contribution >= 4 is 11.7 Å². The first-order chi connectivity index (χ1) is 10.2. The van der Waals surface area contributed by atoms with E-state index in [1.165, 1.54) is 11.1 Å².